The summed E-state index contributed by atoms with van der Waals surface area (Å²) in [7, 11) is 0. The zero-order valence-electron chi connectivity index (χ0n) is 19.8. The van der Waals surface area contributed by atoms with Gasteiger partial charge in [-0.1, -0.05) is 148 Å². The molecule has 0 aliphatic carbocycles. The molecule has 29 heavy (non-hydrogen) atoms. The highest BCUT2D eigenvalue weighted by Gasteiger charge is 1.96. The molecule has 0 aromatic heterocycles. The van der Waals surface area contributed by atoms with Crippen LogP contribution in [0.15, 0.2) is 0 Å². The SMILES string of the molecule is CCCCCCCCCCCCCCCCCCCCCCCCCNC(=O)O. The first-order chi connectivity index (χ1) is 14.3. The van der Waals surface area contributed by atoms with Gasteiger partial charge in [0.15, 0.2) is 0 Å². The number of carbonyl (C=O) groups is 1. The lowest BCUT2D eigenvalue weighted by molar-refractivity contribution is 0.194. The van der Waals surface area contributed by atoms with E-state index in [1.165, 1.54) is 135 Å². The van der Waals surface area contributed by atoms with E-state index in [4.69, 9.17) is 5.11 Å². The second-order valence-electron chi connectivity index (χ2n) is 9.01. The van der Waals surface area contributed by atoms with Crippen LogP contribution in [-0.4, -0.2) is 17.7 Å². The van der Waals surface area contributed by atoms with Gasteiger partial charge in [0.25, 0.3) is 0 Å². The quantitative estimate of drug-likeness (QED) is 0.155. The van der Waals surface area contributed by atoms with Crippen LogP contribution in [0.25, 0.3) is 0 Å². The lowest BCUT2D eigenvalue weighted by Crippen LogP contribution is -2.21. The summed E-state index contributed by atoms with van der Waals surface area (Å²) in [6.45, 7) is 2.90. The first-order valence-electron chi connectivity index (χ1n) is 13.2. The first kappa shape index (κ1) is 28.3. The average molecular weight is 412 g/mol. The van der Waals surface area contributed by atoms with Crippen molar-refractivity contribution in [2.24, 2.45) is 0 Å². The maximum absolute atomic E-state index is 10.3. The highest BCUT2D eigenvalue weighted by atomic mass is 16.4. The van der Waals surface area contributed by atoms with E-state index in [-0.39, 0.29) is 0 Å². The van der Waals surface area contributed by atoms with Crippen molar-refractivity contribution in [3.8, 4) is 0 Å². The molecule has 0 unspecified atom stereocenters. The Hall–Kier alpha value is -0.730. The lowest BCUT2D eigenvalue weighted by Gasteiger charge is -2.04. The van der Waals surface area contributed by atoms with Crippen molar-refractivity contribution < 1.29 is 9.90 Å². The van der Waals surface area contributed by atoms with E-state index in [0.29, 0.717) is 6.54 Å². The Bertz CT molecular complexity index is 320. The fraction of sp³-hybridized carbons (Fsp3) is 0.962. The standard InChI is InChI=1S/C26H53NO2/c1-2-3-4-5-6-7-8-9-10-11-12-13-14-15-16-17-18-19-20-21-22-23-24-25-27-26(28)29/h27H,2-25H2,1H3,(H,28,29). The largest absolute Gasteiger partial charge is 0.465 e. The number of unbranched alkanes of at least 4 members (excludes halogenated alkanes) is 22. The van der Waals surface area contributed by atoms with Gasteiger partial charge < -0.3 is 10.4 Å². The number of hydrogen-bond acceptors (Lipinski definition) is 1. The Morgan fingerprint density at radius 2 is 0.724 bits per heavy atom. The molecule has 3 heteroatoms. The van der Waals surface area contributed by atoms with Crippen LogP contribution in [-0.2, 0) is 0 Å². The van der Waals surface area contributed by atoms with E-state index in [0.717, 1.165) is 12.8 Å². The highest BCUT2D eigenvalue weighted by Crippen LogP contribution is 2.15. The Kier molecular flexibility index (Phi) is 24.7. The van der Waals surface area contributed by atoms with Crippen LogP contribution in [0.2, 0.25) is 0 Å². The van der Waals surface area contributed by atoms with E-state index in [9.17, 15) is 4.79 Å². The van der Waals surface area contributed by atoms with Gasteiger partial charge in [0.1, 0.15) is 0 Å². The topological polar surface area (TPSA) is 49.3 Å². The van der Waals surface area contributed by atoms with Gasteiger partial charge in [-0.15, -0.1) is 0 Å². The van der Waals surface area contributed by atoms with Crippen molar-refractivity contribution in [3.63, 3.8) is 0 Å². The minimum absolute atomic E-state index is 0.606. The molecule has 0 aromatic rings. The number of rotatable bonds is 24. The van der Waals surface area contributed by atoms with Crippen LogP contribution in [0.5, 0.6) is 0 Å². The highest BCUT2D eigenvalue weighted by molar-refractivity contribution is 5.64. The summed E-state index contributed by atoms with van der Waals surface area (Å²) < 4.78 is 0. The van der Waals surface area contributed by atoms with E-state index in [1.807, 2.05) is 0 Å². The molecule has 0 aromatic carbocycles. The summed E-state index contributed by atoms with van der Waals surface area (Å²) >= 11 is 0. The minimum atomic E-state index is -0.899. The number of hydrogen-bond donors (Lipinski definition) is 2. The van der Waals surface area contributed by atoms with E-state index in [1.54, 1.807) is 0 Å². The molecule has 0 spiro atoms. The maximum atomic E-state index is 10.3. The fourth-order valence-electron chi connectivity index (χ4n) is 4.11. The summed E-state index contributed by atoms with van der Waals surface area (Å²) in [4.78, 5) is 10.3. The van der Waals surface area contributed by atoms with Gasteiger partial charge >= 0.3 is 6.09 Å². The van der Waals surface area contributed by atoms with Gasteiger partial charge in [-0.3, -0.25) is 0 Å². The van der Waals surface area contributed by atoms with Crippen LogP contribution in [0.3, 0.4) is 0 Å². The molecule has 0 rings (SSSR count). The molecule has 0 radical (unpaired) electrons. The Morgan fingerprint density at radius 1 is 0.483 bits per heavy atom. The summed E-state index contributed by atoms with van der Waals surface area (Å²) in [5.41, 5.74) is 0. The Balaban J connectivity index is 2.99. The van der Waals surface area contributed by atoms with Gasteiger partial charge in [0, 0.05) is 6.54 Å². The van der Waals surface area contributed by atoms with Crippen molar-refractivity contribution in [2.45, 2.75) is 155 Å². The predicted octanol–water partition coefficient (Wildman–Crippen LogP) is 9.25. The molecule has 0 heterocycles. The van der Waals surface area contributed by atoms with E-state index < -0.39 is 6.09 Å². The molecule has 3 nitrogen and oxygen atoms in total. The molecule has 0 saturated carbocycles. The number of amides is 1. The van der Waals surface area contributed by atoms with Gasteiger partial charge in [-0.2, -0.15) is 0 Å². The smallest absolute Gasteiger partial charge is 0.404 e. The summed E-state index contributed by atoms with van der Waals surface area (Å²) in [5.74, 6) is 0. The predicted molar refractivity (Wildman–Crippen MR) is 128 cm³/mol. The third kappa shape index (κ3) is 27.3. The van der Waals surface area contributed by atoms with Crippen LogP contribution < -0.4 is 5.32 Å². The maximum Gasteiger partial charge on any atom is 0.404 e. The zero-order valence-corrected chi connectivity index (χ0v) is 19.8. The fourth-order valence-corrected chi connectivity index (χ4v) is 4.11. The second kappa shape index (κ2) is 25.3. The van der Waals surface area contributed by atoms with Crippen LogP contribution in [0.1, 0.15) is 155 Å². The van der Waals surface area contributed by atoms with Crippen LogP contribution in [0.4, 0.5) is 4.79 Å². The normalized spacial score (nSPS) is 11.1. The van der Waals surface area contributed by atoms with Gasteiger partial charge in [0.05, 0.1) is 0 Å². The lowest BCUT2D eigenvalue weighted by atomic mass is 10.0. The van der Waals surface area contributed by atoms with Crippen molar-refractivity contribution in [3.05, 3.63) is 0 Å². The third-order valence-corrected chi connectivity index (χ3v) is 6.06. The summed E-state index contributed by atoms with van der Waals surface area (Å²) in [6, 6.07) is 0. The van der Waals surface area contributed by atoms with Crippen LogP contribution in [0, 0.1) is 0 Å². The molecule has 1 amide bonds. The molecule has 0 atom stereocenters. The average Bonchev–Trinajstić information content (AvgIpc) is 2.71. The molecule has 2 N–H and O–H groups in total. The molecule has 0 aliphatic heterocycles. The minimum Gasteiger partial charge on any atom is -0.465 e. The first-order valence-corrected chi connectivity index (χ1v) is 13.2. The third-order valence-electron chi connectivity index (χ3n) is 6.06. The molecular weight excluding hydrogens is 358 g/mol. The molecule has 0 bridgehead atoms. The van der Waals surface area contributed by atoms with E-state index in [2.05, 4.69) is 12.2 Å². The number of carboxylic acid groups (broad SMARTS) is 1. The van der Waals surface area contributed by atoms with Crippen LogP contribution >= 0.6 is 0 Å². The van der Waals surface area contributed by atoms with Gasteiger partial charge in [-0.05, 0) is 6.42 Å². The van der Waals surface area contributed by atoms with Crippen molar-refractivity contribution in [1.29, 1.82) is 0 Å². The Labute approximate surface area is 182 Å². The van der Waals surface area contributed by atoms with Crippen molar-refractivity contribution in [2.75, 3.05) is 6.54 Å². The van der Waals surface area contributed by atoms with E-state index >= 15 is 0 Å². The number of nitrogens with one attached hydrogen (secondary N) is 1. The monoisotopic (exact) mass is 411 g/mol. The molecule has 0 aliphatic rings. The molecule has 0 saturated heterocycles. The van der Waals surface area contributed by atoms with Gasteiger partial charge in [-0.25, -0.2) is 4.79 Å². The van der Waals surface area contributed by atoms with Crippen molar-refractivity contribution in [1.82, 2.24) is 5.32 Å². The zero-order chi connectivity index (χ0) is 21.3. The molecule has 0 fully saturated rings. The van der Waals surface area contributed by atoms with Gasteiger partial charge in [0.2, 0.25) is 0 Å². The molecule has 174 valence electrons. The molecular formula is C26H53NO2. The Morgan fingerprint density at radius 3 is 0.966 bits per heavy atom. The summed E-state index contributed by atoms with van der Waals surface area (Å²) in [6.07, 6.45) is 31.1. The second-order valence-corrected chi connectivity index (χ2v) is 9.01. The summed E-state index contributed by atoms with van der Waals surface area (Å²) in [5, 5.41) is 10.9. The van der Waals surface area contributed by atoms with Crippen molar-refractivity contribution >= 4 is 6.09 Å².